The van der Waals surface area contributed by atoms with E-state index in [9.17, 15) is 0 Å². The Kier molecular flexibility index (Phi) is 7.15. The molecule has 2 nitrogen and oxygen atoms in total. The molecule has 0 bridgehead atoms. The largest absolute Gasteiger partial charge is 0.304 e. The zero-order valence-electron chi connectivity index (χ0n) is 5.72. The van der Waals surface area contributed by atoms with Crippen molar-refractivity contribution in [2.24, 2.45) is 0 Å². The molecule has 0 atom stereocenters. The molecule has 1 saturated heterocycles. The van der Waals surface area contributed by atoms with Crippen molar-refractivity contribution in [3.05, 3.63) is 0 Å². The van der Waals surface area contributed by atoms with E-state index in [1.165, 1.54) is 26.2 Å². The molecule has 0 saturated carbocycles. The predicted molar refractivity (Wildman–Crippen MR) is 48.5 cm³/mol. The Morgan fingerprint density at radius 3 is 1.10 bits per heavy atom. The fourth-order valence-electron chi connectivity index (χ4n) is 0.906. The number of hydrogen-bond acceptors (Lipinski definition) is 2. The Morgan fingerprint density at radius 2 is 0.900 bits per heavy atom. The summed E-state index contributed by atoms with van der Waals surface area (Å²) < 4.78 is 0. The summed E-state index contributed by atoms with van der Waals surface area (Å²) in [6, 6.07) is 0. The summed E-state index contributed by atoms with van der Waals surface area (Å²) >= 11 is 0. The molecule has 2 heteroatoms. The van der Waals surface area contributed by atoms with Gasteiger partial charge in [0.1, 0.15) is 0 Å². The number of nitrogens with zero attached hydrogens (tertiary/aromatic N) is 2. The smallest absolute Gasteiger partial charge is 0.0107 e. The van der Waals surface area contributed by atoms with Gasteiger partial charge < -0.3 is 9.80 Å². The van der Waals surface area contributed by atoms with E-state index < -0.39 is 0 Å². The number of piperazine rings is 1. The third kappa shape index (κ3) is 3.85. The van der Waals surface area contributed by atoms with Gasteiger partial charge in [-0.1, -0.05) is 14.9 Å². The minimum absolute atomic E-state index is 0. The first-order valence-electron chi connectivity index (χ1n) is 3.16. The van der Waals surface area contributed by atoms with Crippen molar-refractivity contribution in [2.75, 3.05) is 40.3 Å². The normalized spacial score (nSPS) is 21.0. The lowest BCUT2D eigenvalue weighted by Gasteiger charge is -2.28. The van der Waals surface area contributed by atoms with Gasteiger partial charge >= 0.3 is 0 Å². The molecule has 1 fully saturated rings. The lowest BCUT2D eigenvalue weighted by Crippen LogP contribution is -2.42. The molecule has 64 valence electrons. The van der Waals surface area contributed by atoms with Crippen LogP contribution in [0.3, 0.4) is 0 Å². The monoisotopic (exact) mass is 146 g/mol. The SMILES string of the molecule is C.C.CN1CCN(C)CC1. The molecule has 1 aliphatic rings. The average Bonchev–Trinajstić information content (AvgIpc) is 1.77. The first kappa shape index (κ1) is 12.6. The molecule has 0 unspecified atom stereocenters. The maximum absolute atomic E-state index is 2.36. The third-order valence-corrected chi connectivity index (χ3v) is 1.73. The van der Waals surface area contributed by atoms with Crippen molar-refractivity contribution in [1.29, 1.82) is 0 Å². The molecule has 1 rings (SSSR count). The van der Waals surface area contributed by atoms with E-state index in [-0.39, 0.29) is 14.9 Å². The van der Waals surface area contributed by atoms with Gasteiger partial charge in [0.25, 0.3) is 0 Å². The first-order chi connectivity index (χ1) is 3.79. The van der Waals surface area contributed by atoms with Gasteiger partial charge in [-0.2, -0.15) is 0 Å². The Labute approximate surface area is 65.8 Å². The van der Waals surface area contributed by atoms with Gasteiger partial charge in [-0.15, -0.1) is 0 Å². The quantitative estimate of drug-likeness (QED) is 0.505. The highest BCUT2D eigenvalue weighted by molar-refractivity contribution is 4.64. The summed E-state index contributed by atoms with van der Waals surface area (Å²) in [4.78, 5) is 4.72. The molecule has 10 heavy (non-hydrogen) atoms. The highest BCUT2D eigenvalue weighted by atomic mass is 15.2. The van der Waals surface area contributed by atoms with Gasteiger partial charge in [0, 0.05) is 26.2 Å². The maximum atomic E-state index is 2.36. The van der Waals surface area contributed by atoms with Crippen LogP contribution in [0.15, 0.2) is 0 Å². The van der Waals surface area contributed by atoms with Gasteiger partial charge in [0.2, 0.25) is 0 Å². The first-order valence-corrected chi connectivity index (χ1v) is 3.16. The van der Waals surface area contributed by atoms with Crippen molar-refractivity contribution in [3.63, 3.8) is 0 Å². The predicted octanol–water partition coefficient (Wildman–Crippen LogP) is 1.14. The van der Waals surface area contributed by atoms with Gasteiger partial charge in [-0.25, -0.2) is 0 Å². The molecule has 0 N–H and O–H groups in total. The van der Waals surface area contributed by atoms with Crippen LogP contribution < -0.4 is 0 Å². The van der Waals surface area contributed by atoms with E-state index in [2.05, 4.69) is 23.9 Å². The standard InChI is InChI=1S/C6H14N2.2CH4/c1-7-3-5-8(2)6-4-7;;/h3-6H2,1-2H3;2*1H4. The van der Waals surface area contributed by atoms with E-state index in [0.29, 0.717) is 0 Å². The minimum Gasteiger partial charge on any atom is -0.304 e. The zero-order valence-corrected chi connectivity index (χ0v) is 5.72. The van der Waals surface area contributed by atoms with Crippen molar-refractivity contribution >= 4 is 0 Å². The highest BCUT2D eigenvalue weighted by Crippen LogP contribution is 1.93. The van der Waals surface area contributed by atoms with Gasteiger partial charge in [-0.05, 0) is 14.1 Å². The third-order valence-electron chi connectivity index (χ3n) is 1.73. The summed E-state index contributed by atoms with van der Waals surface area (Å²) in [7, 11) is 4.35. The van der Waals surface area contributed by atoms with Gasteiger partial charge in [0.05, 0.1) is 0 Å². The van der Waals surface area contributed by atoms with Crippen molar-refractivity contribution in [3.8, 4) is 0 Å². The van der Waals surface area contributed by atoms with Crippen LogP contribution in [0.5, 0.6) is 0 Å². The molecule has 0 aromatic rings. The molecule has 1 heterocycles. The van der Waals surface area contributed by atoms with Gasteiger partial charge in [-0.3, -0.25) is 0 Å². The second-order valence-corrected chi connectivity index (χ2v) is 2.61. The fraction of sp³-hybridized carbons (Fsp3) is 1.00. The number of hydrogen-bond donors (Lipinski definition) is 0. The molecule has 0 aliphatic carbocycles. The van der Waals surface area contributed by atoms with E-state index in [1.54, 1.807) is 0 Å². The van der Waals surface area contributed by atoms with Crippen molar-refractivity contribution < 1.29 is 0 Å². The number of rotatable bonds is 0. The lowest BCUT2D eigenvalue weighted by atomic mass is 10.4. The van der Waals surface area contributed by atoms with Crippen LogP contribution in [0.4, 0.5) is 0 Å². The topological polar surface area (TPSA) is 6.48 Å². The molecule has 0 amide bonds. The molecule has 0 aromatic heterocycles. The maximum Gasteiger partial charge on any atom is 0.0107 e. The molecular weight excluding hydrogens is 124 g/mol. The van der Waals surface area contributed by atoms with Crippen molar-refractivity contribution in [1.82, 2.24) is 9.80 Å². The van der Waals surface area contributed by atoms with Gasteiger partial charge in [0.15, 0.2) is 0 Å². The lowest BCUT2D eigenvalue weighted by molar-refractivity contribution is 0.181. The summed E-state index contributed by atoms with van der Waals surface area (Å²) in [6.45, 7) is 4.93. The van der Waals surface area contributed by atoms with Crippen LogP contribution in [0, 0.1) is 0 Å². The molecular formula is C8H22N2. The summed E-state index contributed by atoms with van der Waals surface area (Å²) in [5, 5.41) is 0. The van der Waals surface area contributed by atoms with Crippen LogP contribution in [0.25, 0.3) is 0 Å². The summed E-state index contributed by atoms with van der Waals surface area (Å²) in [6.07, 6.45) is 0. The molecule has 0 aromatic carbocycles. The second kappa shape index (κ2) is 5.69. The second-order valence-electron chi connectivity index (χ2n) is 2.61. The molecule has 0 radical (unpaired) electrons. The van der Waals surface area contributed by atoms with Crippen LogP contribution in [0.1, 0.15) is 14.9 Å². The van der Waals surface area contributed by atoms with Crippen LogP contribution >= 0.6 is 0 Å². The zero-order chi connectivity index (χ0) is 5.98. The Hall–Kier alpha value is -0.0800. The Morgan fingerprint density at radius 1 is 0.700 bits per heavy atom. The average molecular weight is 146 g/mol. The van der Waals surface area contributed by atoms with Crippen LogP contribution in [-0.2, 0) is 0 Å². The summed E-state index contributed by atoms with van der Waals surface area (Å²) in [5.74, 6) is 0. The Bertz CT molecular complexity index is 55.7. The van der Waals surface area contributed by atoms with E-state index in [1.807, 2.05) is 0 Å². The molecule has 1 aliphatic heterocycles. The van der Waals surface area contributed by atoms with Crippen LogP contribution in [-0.4, -0.2) is 50.1 Å². The van der Waals surface area contributed by atoms with E-state index >= 15 is 0 Å². The summed E-state index contributed by atoms with van der Waals surface area (Å²) in [5.41, 5.74) is 0. The fourth-order valence-corrected chi connectivity index (χ4v) is 0.906. The molecule has 0 spiro atoms. The van der Waals surface area contributed by atoms with Crippen LogP contribution in [0.2, 0.25) is 0 Å². The number of likely N-dealkylation sites (N-methyl/N-ethyl adjacent to an activating group) is 2. The minimum atomic E-state index is 0. The van der Waals surface area contributed by atoms with E-state index in [4.69, 9.17) is 0 Å². The Balaban J connectivity index is 0. The van der Waals surface area contributed by atoms with E-state index in [0.717, 1.165) is 0 Å². The highest BCUT2D eigenvalue weighted by Gasteiger charge is 2.07. The van der Waals surface area contributed by atoms with Crippen molar-refractivity contribution in [2.45, 2.75) is 14.9 Å².